The maximum Gasteiger partial charge on any atom is 0.315 e. The van der Waals surface area contributed by atoms with Crippen LogP contribution in [0.1, 0.15) is 81.0 Å². The van der Waals surface area contributed by atoms with E-state index >= 15 is 0 Å². The zero-order valence-electron chi connectivity index (χ0n) is 16.0. The molecule has 140 valence electrons. The van der Waals surface area contributed by atoms with Crippen LogP contribution in [0.4, 0.5) is 4.79 Å². The number of carbonyl (C=O) groups is 1. The number of carbonyl (C=O) groups excluding carboxylic acids is 1. The number of benzene rings is 1. The fraction of sp³-hybridized carbons (Fsp3) is 0.696. The van der Waals surface area contributed by atoms with E-state index in [-0.39, 0.29) is 17.6 Å². The Hall–Kier alpha value is -1.51. The monoisotopic (exact) mass is 352 g/mol. The third-order valence-corrected chi connectivity index (χ3v) is 7.64. The minimum Gasteiger partial charge on any atom is -0.333 e. The van der Waals surface area contributed by atoms with Gasteiger partial charge in [-0.2, -0.15) is 0 Å². The van der Waals surface area contributed by atoms with Crippen molar-refractivity contribution in [2.75, 3.05) is 0 Å². The zero-order chi connectivity index (χ0) is 17.7. The fourth-order valence-electron chi connectivity index (χ4n) is 6.84. The van der Waals surface area contributed by atoms with Crippen LogP contribution in [0.15, 0.2) is 18.2 Å². The molecule has 0 spiro atoms. The van der Waals surface area contributed by atoms with E-state index in [1.807, 2.05) is 0 Å². The van der Waals surface area contributed by atoms with Gasteiger partial charge in [0.25, 0.3) is 0 Å². The molecule has 1 atom stereocenters. The van der Waals surface area contributed by atoms with E-state index in [2.05, 4.69) is 35.8 Å². The SMILES string of the molecule is CC(NC(=O)NC12CC3CC(CC(C3)C1)C2)c1ccc2c(c1)CCCC2. The van der Waals surface area contributed by atoms with E-state index in [0.29, 0.717) is 0 Å². The molecule has 1 unspecified atom stereocenters. The Labute approximate surface area is 157 Å². The Bertz CT molecular complexity index is 675. The van der Waals surface area contributed by atoms with Crippen molar-refractivity contribution in [3.8, 4) is 0 Å². The molecule has 5 aliphatic carbocycles. The van der Waals surface area contributed by atoms with Crippen LogP contribution in [-0.2, 0) is 12.8 Å². The first-order chi connectivity index (χ1) is 12.6. The van der Waals surface area contributed by atoms with Gasteiger partial charge < -0.3 is 10.6 Å². The molecule has 0 aliphatic heterocycles. The number of rotatable bonds is 3. The first-order valence-electron chi connectivity index (χ1n) is 10.8. The molecule has 2 amide bonds. The third kappa shape index (κ3) is 3.04. The zero-order valence-corrected chi connectivity index (χ0v) is 16.0. The number of fused-ring (bicyclic) bond motifs is 1. The normalized spacial score (nSPS) is 35.7. The van der Waals surface area contributed by atoms with E-state index in [1.165, 1.54) is 80.9 Å². The predicted molar refractivity (Wildman–Crippen MR) is 104 cm³/mol. The summed E-state index contributed by atoms with van der Waals surface area (Å²) in [7, 11) is 0. The number of aryl methyl sites for hydroxylation is 2. The van der Waals surface area contributed by atoms with Crippen molar-refractivity contribution in [2.24, 2.45) is 17.8 Å². The molecule has 1 aromatic rings. The van der Waals surface area contributed by atoms with Crippen molar-refractivity contribution in [3.05, 3.63) is 34.9 Å². The molecule has 6 rings (SSSR count). The Morgan fingerprint density at radius 2 is 1.62 bits per heavy atom. The van der Waals surface area contributed by atoms with Crippen LogP contribution >= 0.6 is 0 Å². The first kappa shape index (κ1) is 16.6. The lowest BCUT2D eigenvalue weighted by atomic mass is 9.53. The maximum absolute atomic E-state index is 12.8. The number of nitrogens with one attached hydrogen (secondary N) is 2. The van der Waals surface area contributed by atoms with Crippen molar-refractivity contribution < 1.29 is 4.79 Å². The highest BCUT2D eigenvalue weighted by atomic mass is 16.2. The molecule has 4 fully saturated rings. The van der Waals surface area contributed by atoms with Crippen LogP contribution in [0.5, 0.6) is 0 Å². The Morgan fingerprint density at radius 1 is 1.00 bits per heavy atom. The highest BCUT2D eigenvalue weighted by molar-refractivity contribution is 5.75. The van der Waals surface area contributed by atoms with Crippen molar-refractivity contribution in [1.82, 2.24) is 10.6 Å². The van der Waals surface area contributed by atoms with E-state index in [4.69, 9.17) is 0 Å². The largest absolute Gasteiger partial charge is 0.333 e. The summed E-state index contributed by atoms with van der Waals surface area (Å²) in [5, 5.41) is 6.67. The van der Waals surface area contributed by atoms with Crippen molar-refractivity contribution >= 4 is 6.03 Å². The van der Waals surface area contributed by atoms with E-state index in [0.717, 1.165) is 17.8 Å². The third-order valence-electron chi connectivity index (χ3n) is 7.64. The van der Waals surface area contributed by atoms with E-state index < -0.39 is 0 Å². The lowest BCUT2D eigenvalue weighted by molar-refractivity contribution is -0.0136. The molecule has 26 heavy (non-hydrogen) atoms. The summed E-state index contributed by atoms with van der Waals surface area (Å²) in [6.07, 6.45) is 12.9. The minimum atomic E-state index is 0.0390. The molecule has 1 aromatic carbocycles. The highest BCUT2D eigenvalue weighted by Crippen LogP contribution is 2.55. The Balaban J connectivity index is 1.24. The number of hydrogen-bond acceptors (Lipinski definition) is 1. The van der Waals surface area contributed by atoms with Crippen molar-refractivity contribution in [3.63, 3.8) is 0 Å². The van der Waals surface area contributed by atoms with Gasteiger partial charge in [0, 0.05) is 5.54 Å². The van der Waals surface area contributed by atoms with Crippen LogP contribution in [-0.4, -0.2) is 11.6 Å². The number of hydrogen-bond donors (Lipinski definition) is 2. The van der Waals surface area contributed by atoms with Crippen molar-refractivity contribution in [2.45, 2.75) is 82.7 Å². The second kappa shape index (κ2) is 6.28. The van der Waals surface area contributed by atoms with Crippen LogP contribution in [0, 0.1) is 17.8 Å². The topological polar surface area (TPSA) is 41.1 Å². The molecule has 0 heterocycles. The second-order valence-electron chi connectivity index (χ2n) is 9.75. The molecule has 0 aromatic heterocycles. The summed E-state index contributed by atoms with van der Waals surface area (Å²) in [6.45, 7) is 2.11. The fourth-order valence-corrected chi connectivity index (χ4v) is 6.84. The molecular weight excluding hydrogens is 320 g/mol. The number of urea groups is 1. The quantitative estimate of drug-likeness (QED) is 0.798. The summed E-state index contributed by atoms with van der Waals surface area (Å²) >= 11 is 0. The van der Waals surface area contributed by atoms with Gasteiger partial charge in [0.15, 0.2) is 0 Å². The van der Waals surface area contributed by atoms with Crippen LogP contribution in [0.25, 0.3) is 0 Å². The minimum absolute atomic E-state index is 0.0390. The maximum atomic E-state index is 12.8. The molecule has 0 saturated heterocycles. The molecule has 2 N–H and O–H groups in total. The summed E-state index contributed by atoms with van der Waals surface area (Å²) in [6, 6.07) is 6.91. The van der Waals surface area contributed by atoms with Gasteiger partial charge in [-0.1, -0.05) is 18.2 Å². The van der Waals surface area contributed by atoms with Crippen molar-refractivity contribution in [1.29, 1.82) is 0 Å². The van der Waals surface area contributed by atoms with Gasteiger partial charge in [-0.05, 0) is 106 Å². The van der Waals surface area contributed by atoms with Gasteiger partial charge >= 0.3 is 6.03 Å². The molecule has 4 bridgehead atoms. The lowest BCUT2D eigenvalue weighted by Crippen LogP contribution is -2.61. The molecule has 4 saturated carbocycles. The molecule has 3 heteroatoms. The summed E-state index contributed by atoms with van der Waals surface area (Å²) in [5.41, 5.74) is 4.33. The van der Waals surface area contributed by atoms with Crippen LogP contribution < -0.4 is 10.6 Å². The first-order valence-corrected chi connectivity index (χ1v) is 10.8. The van der Waals surface area contributed by atoms with Crippen LogP contribution in [0.3, 0.4) is 0 Å². The number of amides is 2. The average Bonchev–Trinajstić information content (AvgIpc) is 2.59. The van der Waals surface area contributed by atoms with E-state index in [9.17, 15) is 4.79 Å². The van der Waals surface area contributed by atoms with Gasteiger partial charge in [-0.15, -0.1) is 0 Å². The van der Waals surface area contributed by atoms with Gasteiger partial charge in [0.1, 0.15) is 0 Å². The Morgan fingerprint density at radius 3 is 2.27 bits per heavy atom. The van der Waals surface area contributed by atoms with Gasteiger partial charge in [0.05, 0.1) is 6.04 Å². The summed E-state index contributed by atoms with van der Waals surface area (Å²) < 4.78 is 0. The summed E-state index contributed by atoms with van der Waals surface area (Å²) in [4.78, 5) is 12.8. The van der Waals surface area contributed by atoms with Gasteiger partial charge in [-0.3, -0.25) is 0 Å². The predicted octanol–water partition coefficient (Wildman–Crippen LogP) is 4.89. The molecule has 0 radical (unpaired) electrons. The van der Waals surface area contributed by atoms with E-state index in [1.54, 1.807) is 0 Å². The lowest BCUT2D eigenvalue weighted by Gasteiger charge is -2.56. The second-order valence-corrected chi connectivity index (χ2v) is 9.75. The van der Waals surface area contributed by atoms with Gasteiger partial charge in [-0.25, -0.2) is 4.79 Å². The van der Waals surface area contributed by atoms with Gasteiger partial charge in [0.2, 0.25) is 0 Å². The molecule has 3 nitrogen and oxygen atoms in total. The highest BCUT2D eigenvalue weighted by Gasteiger charge is 2.51. The van der Waals surface area contributed by atoms with Crippen LogP contribution in [0.2, 0.25) is 0 Å². The summed E-state index contributed by atoms with van der Waals surface area (Å²) in [5.74, 6) is 2.58. The smallest absolute Gasteiger partial charge is 0.315 e. The molecule has 5 aliphatic rings. The average molecular weight is 353 g/mol. The Kier molecular flexibility index (Phi) is 4.02. The molecular formula is C23H32N2O. The standard InChI is InChI=1S/C23H32N2O/c1-15(20-7-6-19-4-2-3-5-21(19)11-20)24-22(26)25-23-12-16-8-17(13-23)10-18(9-16)14-23/h6-7,11,15-18H,2-5,8-10,12-14H2,1H3,(H2,24,25,26).